The van der Waals surface area contributed by atoms with Crippen molar-refractivity contribution in [1.82, 2.24) is 20.9 Å². The summed E-state index contributed by atoms with van der Waals surface area (Å²) in [6.07, 6.45) is 5.22. The minimum atomic E-state index is -0.220. The van der Waals surface area contributed by atoms with Crippen molar-refractivity contribution < 1.29 is 19.1 Å². The number of nitrogens with zero attached hydrogens (tertiary/aromatic N) is 1. The van der Waals surface area contributed by atoms with Crippen LogP contribution in [0.4, 0.5) is 4.39 Å². The first kappa shape index (κ1) is 29.2. The molecule has 1 aliphatic carbocycles. The van der Waals surface area contributed by atoms with Crippen LogP contribution in [0, 0.1) is 18.7 Å². The molecule has 8 heteroatoms. The maximum atomic E-state index is 14.4. The molecule has 0 bridgehead atoms. The summed E-state index contributed by atoms with van der Waals surface area (Å²) in [6.45, 7) is 7.57. The molecule has 2 aromatic carbocycles. The molecule has 0 saturated heterocycles. The third-order valence-corrected chi connectivity index (χ3v) is 6.93. The van der Waals surface area contributed by atoms with Crippen LogP contribution in [-0.2, 0) is 22.4 Å². The number of phenols is 1. The average Bonchev–Trinajstić information content (AvgIpc) is 3.73. The van der Waals surface area contributed by atoms with Gasteiger partial charge in [-0.1, -0.05) is 36.4 Å². The lowest BCUT2D eigenvalue weighted by molar-refractivity contribution is -0.126. The van der Waals surface area contributed by atoms with Crippen molar-refractivity contribution in [2.24, 2.45) is 5.92 Å². The Morgan fingerprint density at radius 2 is 1.68 bits per heavy atom. The maximum Gasteiger partial charge on any atom is 0.239 e. The number of aromatic hydroxyl groups is 1. The van der Waals surface area contributed by atoms with Crippen molar-refractivity contribution in [3.63, 3.8) is 0 Å². The number of rotatable bonds is 1. The number of aryl methyl sites for hydroxylation is 2. The molecule has 206 valence electrons. The Balaban J connectivity index is 0.000000427. The van der Waals surface area contributed by atoms with Gasteiger partial charge in [-0.05, 0) is 87.2 Å². The molecular formula is C30H41FN4O3. The second-order valence-electron chi connectivity index (χ2n) is 10.2. The number of benzene rings is 2. The lowest BCUT2D eigenvalue weighted by Crippen LogP contribution is -2.44. The van der Waals surface area contributed by atoms with Gasteiger partial charge in [0.25, 0.3) is 0 Å². The number of nitrogens with one attached hydrogen (secondary N) is 3. The normalized spacial score (nSPS) is 20.1. The molecule has 0 radical (unpaired) electrons. The fourth-order valence-electron chi connectivity index (χ4n) is 4.53. The summed E-state index contributed by atoms with van der Waals surface area (Å²) in [6, 6.07) is 12.4. The van der Waals surface area contributed by atoms with E-state index in [4.69, 9.17) is 5.11 Å². The topological polar surface area (TPSA) is 93.7 Å². The molecule has 1 saturated carbocycles. The summed E-state index contributed by atoms with van der Waals surface area (Å²) in [5, 5.41) is 17.8. The van der Waals surface area contributed by atoms with E-state index in [1.807, 2.05) is 37.1 Å². The van der Waals surface area contributed by atoms with E-state index in [1.165, 1.54) is 11.6 Å². The number of halogens is 1. The predicted octanol–water partition coefficient (Wildman–Crippen LogP) is 3.45. The van der Waals surface area contributed by atoms with Crippen LogP contribution in [0.15, 0.2) is 54.7 Å². The number of fused-ring (bicyclic) bond motifs is 1. The van der Waals surface area contributed by atoms with Crippen LogP contribution in [0.5, 0.6) is 5.75 Å². The van der Waals surface area contributed by atoms with Gasteiger partial charge in [-0.25, -0.2) is 4.39 Å². The number of hydrogen-bond acceptors (Lipinski definition) is 5. The van der Waals surface area contributed by atoms with E-state index in [-0.39, 0.29) is 36.8 Å². The number of carbonyl (C=O) groups excluding carboxylic acids is 2. The standard InChI is InChI=1S/C23H33FN4O2.C7H8O/c1-16-23(18-10-11-18)26-13-5-8-19-17(6-3-9-20(19)24)7-4-12-25-21(29)14-27-22(30)15-28(16)2;1-6-2-4-7(8)5-3-6/h3,6,9,18,23,26H,1,4-5,7-8,10-15H2,2H3,(H,25,29)(H,27,30);2-5,8H,1H3. The number of hydrogen-bond donors (Lipinski definition) is 4. The highest BCUT2D eigenvalue weighted by atomic mass is 19.1. The van der Waals surface area contributed by atoms with Crippen LogP contribution in [0.25, 0.3) is 0 Å². The Morgan fingerprint density at radius 3 is 2.37 bits per heavy atom. The molecule has 1 fully saturated rings. The molecule has 2 amide bonds. The number of phenolic OH excluding ortho intramolecular Hbond substituents is 1. The Labute approximate surface area is 225 Å². The van der Waals surface area contributed by atoms with Crippen molar-refractivity contribution >= 4 is 11.8 Å². The minimum absolute atomic E-state index is 0.0470. The fraction of sp³-hybridized carbons (Fsp3) is 0.467. The Kier molecular flexibility index (Phi) is 11.1. The van der Waals surface area contributed by atoms with Gasteiger partial charge in [0.15, 0.2) is 0 Å². The summed E-state index contributed by atoms with van der Waals surface area (Å²) in [7, 11) is 1.85. The van der Waals surface area contributed by atoms with Gasteiger partial charge in [-0.2, -0.15) is 0 Å². The maximum absolute atomic E-state index is 14.4. The van der Waals surface area contributed by atoms with E-state index in [2.05, 4.69) is 22.5 Å². The van der Waals surface area contributed by atoms with E-state index in [0.29, 0.717) is 31.1 Å². The third kappa shape index (κ3) is 9.49. The van der Waals surface area contributed by atoms with Crippen LogP contribution in [0.1, 0.15) is 42.4 Å². The quantitative estimate of drug-likeness (QED) is 0.459. The van der Waals surface area contributed by atoms with Gasteiger partial charge >= 0.3 is 0 Å². The molecule has 4 rings (SSSR count). The van der Waals surface area contributed by atoms with Crippen molar-refractivity contribution in [3.8, 4) is 5.75 Å². The van der Waals surface area contributed by atoms with Crippen molar-refractivity contribution in [3.05, 3.63) is 77.2 Å². The molecule has 7 nitrogen and oxygen atoms in total. The first-order chi connectivity index (χ1) is 18.2. The predicted molar refractivity (Wildman–Crippen MR) is 148 cm³/mol. The van der Waals surface area contributed by atoms with E-state index >= 15 is 0 Å². The van der Waals surface area contributed by atoms with Crippen LogP contribution < -0.4 is 16.0 Å². The van der Waals surface area contributed by atoms with Gasteiger partial charge in [0.1, 0.15) is 11.6 Å². The molecule has 4 N–H and O–H groups in total. The first-order valence-electron chi connectivity index (χ1n) is 13.4. The van der Waals surface area contributed by atoms with Gasteiger partial charge in [0.05, 0.1) is 13.1 Å². The summed E-state index contributed by atoms with van der Waals surface area (Å²) in [4.78, 5) is 26.0. The molecule has 0 spiro atoms. The lowest BCUT2D eigenvalue weighted by Gasteiger charge is -2.29. The van der Waals surface area contributed by atoms with E-state index < -0.39 is 0 Å². The Morgan fingerprint density at radius 1 is 0.974 bits per heavy atom. The molecule has 1 heterocycles. The molecule has 2 aliphatic rings. The highest BCUT2D eigenvalue weighted by molar-refractivity contribution is 5.85. The Hall–Kier alpha value is -3.39. The van der Waals surface area contributed by atoms with Crippen LogP contribution in [0.2, 0.25) is 0 Å². The van der Waals surface area contributed by atoms with Crippen LogP contribution in [-0.4, -0.2) is 61.1 Å². The molecule has 1 atom stereocenters. The third-order valence-electron chi connectivity index (χ3n) is 6.93. The smallest absolute Gasteiger partial charge is 0.239 e. The lowest BCUT2D eigenvalue weighted by atomic mass is 9.98. The van der Waals surface area contributed by atoms with Crippen molar-refractivity contribution in [2.75, 3.05) is 33.2 Å². The van der Waals surface area contributed by atoms with Gasteiger partial charge < -0.3 is 26.0 Å². The van der Waals surface area contributed by atoms with Crippen molar-refractivity contribution in [1.29, 1.82) is 0 Å². The number of amides is 2. The Bertz CT molecular complexity index is 1060. The second kappa shape index (κ2) is 14.5. The highest BCUT2D eigenvalue weighted by Gasteiger charge is 2.34. The molecule has 2 aromatic rings. The van der Waals surface area contributed by atoms with E-state index in [9.17, 15) is 14.0 Å². The first-order valence-corrected chi connectivity index (χ1v) is 13.4. The monoisotopic (exact) mass is 524 g/mol. The highest BCUT2D eigenvalue weighted by Crippen LogP contribution is 2.36. The summed E-state index contributed by atoms with van der Waals surface area (Å²) < 4.78 is 14.4. The van der Waals surface area contributed by atoms with Gasteiger partial charge in [0.2, 0.25) is 11.8 Å². The zero-order chi connectivity index (χ0) is 27.5. The molecule has 38 heavy (non-hydrogen) atoms. The number of likely N-dealkylation sites (N-methyl/N-ethyl adjacent to an activating group) is 1. The van der Waals surface area contributed by atoms with E-state index in [0.717, 1.165) is 49.1 Å². The minimum Gasteiger partial charge on any atom is -0.508 e. The molecule has 1 unspecified atom stereocenters. The van der Waals surface area contributed by atoms with Crippen LogP contribution >= 0.6 is 0 Å². The van der Waals surface area contributed by atoms with Crippen molar-refractivity contribution in [2.45, 2.75) is 51.5 Å². The summed E-state index contributed by atoms with van der Waals surface area (Å²) >= 11 is 0. The largest absolute Gasteiger partial charge is 0.508 e. The molecular weight excluding hydrogens is 483 g/mol. The second-order valence-corrected chi connectivity index (χ2v) is 10.2. The van der Waals surface area contributed by atoms with Gasteiger partial charge in [0, 0.05) is 25.3 Å². The summed E-state index contributed by atoms with van der Waals surface area (Å²) in [5.74, 6) is 0.285. The van der Waals surface area contributed by atoms with Crippen LogP contribution in [0.3, 0.4) is 0 Å². The SMILES string of the molecule is C=C1C(C2CC2)NCCCc2c(F)cccc2CCCNC(=O)CNC(=O)CN1C.Cc1ccc(O)cc1. The number of carbonyl (C=O) groups is 2. The molecule has 0 aromatic heterocycles. The zero-order valence-corrected chi connectivity index (χ0v) is 22.6. The summed E-state index contributed by atoms with van der Waals surface area (Å²) in [5.41, 5.74) is 3.83. The van der Waals surface area contributed by atoms with E-state index in [1.54, 1.807) is 18.2 Å². The fourth-order valence-corrected chi connectivity index (χ4v) is 4.53. The molecule has 1 aliphatic heterocycles. The zero-order valence-electron chi connectivity index (χ0n) is 22.6. The van der Waals surface area contributed by atoms with Gasteiger partial charge in [-0.3, -0.25) is 9.59 Å². The van der Waals surface area contributed by atoms with Gasteiger partial charge in [-0.15, -0.1) is 0 Å². The average molecular weight is 525 g/mol.